The smallest absolute Gasteiger partial charge is 0.369 e. The van der Waals surface area contributed by atoms with Crippen molar-refractivity contribution >= 4 is 22.9 Å². The molecule has 3 aromatic rings. The Kier molecular flexibility index (Phi) is 7.06. The van der Waals surface area contributed by atoms with E-state index in [1.54, 1.807) is 6.92 Å². The summed E-state index contributed by atoms with van der Waals surface area (Å²) in [5.74, 6) is -0.905. The van der Waals surface area contributed by atoms with Gasteiger partial charge in [-0.2, -0.15) is 13.2 Å². The van der Waals surface area contributed by atoms with Gasteiger partial charge in [-0.1, -0.05) is 23.4 Å². The van der Waals surface area contributed by atoms with Crippen LogP contribution >= 0.6 is 0 Å². The predicted octanol–water partition coefficient (Wildman–Crippen LogP) is 3.53. The predicted molar refractivity (Wildman–Crippen MR) is 122 cm³/mol. The molecule has 1 aliphatic rings. The number of amides is 2. The monoisotopic (exact) mass is 489 g/mol. The van der Waals surface area contributed by atoms with Crippen LogP contribution in [-0.2, 0) is 11.0 Å². The van der Waals surface area contributed by atoms with Crippen LogP contribution in [0.4, 0.5) is 13.2 Å². The molecular weight excluding hydrogens is 463 g/mol. The first-order valence-electron chi connectivity index (χ1n) is 11.4. The van der Waals surface area contributed by atoms with Crippen LogP contribution in [0, 0.1) is 12.8 Å². The van der Waals surface area contributed by atoms with Crippen LogP contribution in [0.2, 0.25) is 0 Å². The Morgan fingerprint density at radius 1 is 1.29 bits per heavy atom. The van der Waals surface area contributed by atoms with Crippen LogP contribution < -0.4 is 11.1 Å². The molecule has 1 saturated heterocycles. The number of nitrogens with two attached hydrogens (primary N) is 1. The first-order chi connectivity index (χ1) is 16.6. The van der Waals surface area contributed by atoms with Crippen molar-refractivity contribution in [1.82, 2.24) is 20.4 Å². The third-order valence-corrected chi connectivity index (χ3v) is 6.21. The highest BCUT2D eigenvalue weighted by Gasteiger charge is 2.34. The van der Waals surface area contributed by atoms with Crippen LogP contribution in [-0.4, -0.2) is 53.0 Å². The number of carbonyl (C=O) groups excluding carboxylic acids is 2. The van der Waals surface area contributed by atoms with Crippen molar-refractivity contribution in [2.45, 2.75) is 32.4 Å². The molecule has 1 aliphatic heterocycles. The minimum absolute atomic E-state index is 0.00654. The molecule has 0 radical (unpaired) electrons. The van der Waals surface area contributed by atoms with Crippen molar-refractivity contribution in [3.05, 3.63) is 47.2 Å². The van der Waals surface area contributed by atoms with Gasteiger partial charge in [0.2, 0.25) is 5.91 Å². The van der Waals surface area contributed by atoms with E-state index in [0.29, 0.717) is 37.1 Å². The number of halogens is 3. The van der Waals surface area contributed by atoms with Gasteiger partial charge in [-0.3, -0.25) is 9.59 Å². The van der Waals surface area contributed by atoms with Crippen molar-refractivity contribution < 1.29 is 27.3 Å². The van der Waals surface area contributed by atoms with Gasteiger partial charge in [-0.05, 0) is 51.4 Å². The summed E-state index contributed by atoms with van der Waals surface area (Å²) in [6.07, 6.45) is -2.27. The molecule has 4 rings (SSSR count). The third kappa shape index (κ3) is 5.45. The summed E-state index contributed by atoms with van der Waals surface area (Å²) in [6, 6.07) is 6.39. The normalized spacial score (nSPS) is 17.0. The van der Waals surface area contributed by atoms with Gasteiger partial charge in [0.25, 0.3) is 11.6 Å². The molecule has 0 bridgehead atoms. The number of aromatic nitrogens is 2. The fraction of sp³-hybridized carbons (Fsp3) is 0.417. The van der Waals surface area contributed by atoms with E-state index in [0.717, 1.165) is 25.5 Å². The van der Waals surface area contributed by atoms with Gasteiger partial charge < -0.3 is 20.5 Å². The maximum absolute atomic E-state index is 13.6. The summed E-state index contributed by atoms with van der Waals surface area (Å²) in [6.45, 7) is 4.14. The fourth-order valence-electron chi connectivity index (χ4n) is 4.46. The van der Waals surface area contributed by atoms with Crippen LogP contribution in [0.25, 0.3) is 22.4 Å². The molecule has 11 heteroatoms. The Balaban J connectivity index is 1.52. The number of hydrogen-bond donors (Lipinski definition) is 2. The molecule has 8 nitrogen and oxygen atoms in total. The highest BCUT2D eigenvalue weighted by molar-refractivity contribution is 6.07. The first kappa shape index (κ1) is 24.6. The number of piperidine rings is 1. The van der Waals surface area contributed by atoms with Crippen molar-refractivity contribution in [2.75, 3.05) is 26.2 Å². The lowest BCUT2D eigenvalue weighted by Crippen LogP contribution is -2.42. The lowest BCUT2D eigenvalue weighted by molar-refractivity contribution is -0.137. The second kappa shape index (κ2) is 10.0. The molecule has 2 aromatic heterocycles. The molecule has 1 aromatic carbocycles. The minimum atomic E-state index is -4.59. The number of likely N-dealkylation sites (tertiary alicyclic amines) is 1. The number of rotatable bonds is 7. The third-order valence-electron chi connectivity index (χ3n) is 6.21. The molecule has 2 amide bonds. The lowest BCUT2D eigenvalue weighted by atomic mass is 9.97. The number of benzene rings is 1. The Morgan fingerprint density at radius 2 is 2.06 bits per heavy atom. The molecule has 0 saturated carbocycles. The summed E-state index contributed by atoms with van der Waals surface area (Å²) >= 11 is 0. The molecule has 1 fully saturated rings. The Hall–Kier alpha value is -3.47. The minimum Gasteiger partial charge on any atom is -0.369 e. The highest BCUT2D eigenvalue weighted by atomic mass is 19.4. The fourth-order valence-corrected chi connectivity index (χ4v) is 4.46. The molecule has 3 heterocycles. The van der Waals surface area contributed by atoms with E-state index >= 15 is 0 Å². The molecule has 186 valence electrons. The zero-order chi connectivity index (χ0) is 25.2. The maximum atomic E-state index is 13.6. The average Bonchev–Trinajstić information content (AvgIpc) is 3.21. The summed E-state index contributed by atoms with van der Waals surface area (Å²) in [7, 11) is 0. The maximum Gasteiger partial charge on any atom is 0.417 e. The average molecular weight is 489 g/mol. The largest absolute Gasteiger partial charge is 0.417 e. The van der Waals surface area contributed by atoms with E-state index in [1.165, 1.54) is 24.3 Å². The summed E-state index contributed by atoms with van der Waals surface area (Å²) < 4.78 is 45.9. The molecule has 0 aliphatic carbocycles. The van der Waals surface area contributed by atoms with Crippen LogP contribution in [0.15, 0.2) is 34.9 Å². The van der Waals surface area contributed by atoms with Crippen molar-refractivity contribution in [2.24, 2.45) is 11.7 Å². The van der Waals surface area contributed by atoms with Gasteiger partial charge in [0.1, 0.15) is 0 Å². The Labute approximate surface area is 199 Å². The summed E-state index contributed by atoms with van der Waals surface area (Å²) in [5, 5.41) is 7.03. The second-order valence-electron chi connectivity index (χ2n) is 8.70. The van der Waals surface area contributed by atoms with E-state index in [1.807, 2.05) is 0 Å². The zero-order valence-corrected chi connectivity index (χ0v) is 19.2. The van der Waals surface area contributed by atoms with Crippen molar-refractivity contribution in [1.29, 1.82) is 0 Å². The van der Waals surface area contributed by atoms with E-state index in [-0.39, 0.29) is 34.4 Å². The number of hydrogen-bond acceptors (Lipinski definition) is 6. The standard InChI is InChI=1S/C24H26F3N5O3/c1-14-20-17(22(34)29-9-5-11-32-10-4-6-15(13-32)21(28)33)12-19(30-23(20)35-31-14)16-7-2-3-8-18(16)24(25,26)27/h2-3,7-8,12,15H,4-6,9-11,13H2,1H3,(H2,28,33)(H,29,34). The molecule has 35 heavy (non-hydrogen) atoms. The number of aryl methyl sites for hydroxylation is 1. The Morgan fingerprint density at radius 3 is 2.80 bits per heavy atom. The summed E-state index contributed by atoms with van der Waals surface area (Å²) in [5.41, 5.74) is 4.94. The molecule has 1 unspecified atom stereocenters. The highest BCUT2D eigenvalue weighted by Crippen LogP contribution is 2.37. The van der Waals surface area contributed by atoms with Gasteiger partial charge in [0.05, 0.1) is 33.8 Å². The number of pyridine rings is 1. The van der Waals surface area contributed by atoms with Crippen molar-refractivity contribution in [3.8, 4) is 11.3 Å². The number of primary amides is 1. The van der Waals surface area contributed by atoms with E-state index < -0.39 is 17.6 Å². The number of carbonyl (C=O) groups is 2. The number of nitrogens with zero attached hydrogens (tertiary/aromatic N) is 3. The van der Waals surface area contributed by atoms with Crippen molar-refractivity contribution in [3.63, 3.8) is 0 Å². The lowest BCUT2D eigenvalue weighted by Gasteiger charge is -2.31. The van der Waals surface area contributed by atoms with Crippen LogP contribution in [0.5, 0.6) is 0 Å². The van der Waals surface area contributed by atoms with Gasteiger partial charge in [0.15, 0.2) is 0 Å². The van der Waals surface area contributed by atoms with Gasteiger partial charge in [-0.25, -0.2) is 4.98 Å². The Bertz CT molecular complexity index is 1240. The number of alkyl halides is 3. The van der Waals surface area contributed by atoms with Gasteiger partial charge in [-0.15, -0.1) is 0 Å². The molecule has 0 spiro atoms. The van der Waals surface area contributed by atoms with Gasteiger partial charge >= 0.3 is 6.18 Å². The second-order valence-corrected chi connectivity index (χ2v) is 8.70. The molecular formula is C24H26F3N5O3. The number of nitrogens with one attached hydrogen (secondary N) is 1. The zero-order valence-electron chi connectivity index (χ0n) is 19.2. The SMILES string of the molecule is Cc1noc2nc(-c3ccccc3C(F)(F)F)cc(C(=O)NCCCN3CCCC(C(N)=O)C3)c12. The van der Waals surface area contributed by atoms with E-state index in [9.17, 15) is 22.8 Å². The van der Waals surface area contributed by atoms with E-state index in [2.05, 4.69) is 20.4 Å². The first-order valence-corrected chi connectivity index (χ1v) is 11.4. The van der Waals surface area contributed by atoms with Crippen LogP contribution in [0.1, 0.15) is 40.9 Å². The molecule has 1 atom stereocenters. The number of fused-ring (bicyclic) bond motifs is 1. The summed E-state index contributed by atoms with van der Waals surface area (Å²) in [4.78, 5) is 30.9. The topological polar surface area (TPSA) is 114 Å². The van der Waals surface area contributed by atoms with E-state index in [4.69, 9.17) is 10.3 Å². The quantitative estimate of drug-likeness (QED) is 0.491. The van der Waals surface area contributed by atoms with Crippen LogP contribution in [0.3, 0.4) is 0 Å². The molecule has 3 N–H and O–H groups in total. The van der Waals surface area contributed by atoms with Gasteiger partial charge in [0, 0.05) is 18.7 Å².